The lowest BCUT2D eigenvalue weighted by Gasteiger charge is -2.19. The Labute approximate surface area is 126 Å². The minimum absolute atomic E-state index is 0.0324. The van der Waals surface area contributed by atoms with Crippen molar-refractivity contribution in [2.45, 2.75) is 41.5 Å². The molecule has 0 heterocycles. The zero-order valence-corrected chi connectivity index (χ0v) is 13.8. The number of rotatable bonds is 2. The molecule has 0 saturated heterocycles. The molecule has 0 atom stereocenters. The number of urea groups is 1. The molecular formula is C16H23ClN2O. The van der Waals surface area contributed by atoms with E-state index in [-0.39, 0.29) is 11.4 Å². The zero-order chi connectivity index (χ0) is 15.5. The minimum Gasteiger partial charge on any atom is -0.314 e. The van der Waals surface area contributed by atoms with Gasteiger partial charge >= 0.3 is 6.03 Å². The Morgan fingerprint density at radius 2 is 1.85 bits per heavy atom. The Morgan fingerprint density at radius 1 is 1.25 bits per heavy atom. The summed E-state index contributed by atoms with van der Waals surface area (Å²) in [6.07, 6.45) is 1.73. The number of nitrogens with one attached hydrogen (secondary N) is 2. The summed E-state index contributed by atoms with van der Waals surface area (Å²) >= 11 is 6.16. The molecule has 0 aromatic heterocycles. The van der Waals surface area contributed by atoms with E-state index < -0.39 is 0 Å². The largest absolute Gasteiger partial charge is 0.323 e. The highest BCUT2D eigenvalue weighted by Crippen LogP contribution is 2.27. The van der Waals surface area contributed by atoms with Crippen molar-refractivity contribution in [1.82, 2.24) is 5.32 Å². The number of halogens is 1. The minimum atomic E-state index is -0.289. The first-order valence-electron chi connectivity index (χ1n) is 6.63. The van der Waals surface area contributed by atoms with Gasteiger partial charge < -0.3 is 10.6 Å². The molecule has 20 heavy (non-hydrogen) atoms. The Kier molecular flexibility index (Phi) is 5.23. The van der Waals surface area contributed by atoms with Crippen LogP contribution < -0.4 is 10.6 Å². The quantitative estimate of drug-likeness (QED) is 0.789. The second kappa shape index (κ2) is 6.31. The molecule has 0 bridgehead atoms. The summed E-state index contributed by atoms with van der Waals surface area (Å²) in [6, 6.07) is 3.53. The third kappa shape index (κ3) is 4.57. The number of anilines is 1. The number of allylic oxidation sites excluding steroid dienone is 1. The maximum atomic E-state index is 11.9. The van der Waals surface area contributed by atoms with Gasteiger partial charge in [-0.3, -0.25) is 0 Å². The number of aryl methyl sites for hydroxylation is 2. The van der Waals surface area contributed by atoms with Crippen LogP contribution in [0.3, 0.4) is 0 Å². The third-order valence-corrected chi connectivity index (χ3v) is 3.57. The smallest absolute Gasteiger partial charge is 0.314 e. The molecule has 0 aliphatic heterocycles. The van der Waals surface area contributed by atoms with E-state index in [0.29, 0.717) is 10.7 Å². The van der Waals surface area contributed by atoms with E-state index in [1.165, 1.54) is 0 Å². The monoisotopic (exact) mass is 294 g/mol. The first kappa shape index (κ1) is 16.6. The van der Waals surface area contributed by atoms with Crippen LogP contribution in [0.15, 0.2) is 23.9 Å². The predicted molar refractivity (Wildman–Crippen MR) is 86.3 cm³/mol. The van der Waals surface area contributed by atoms with Gasteiger partial charge in [0, 0.05) is 6.20 Å². The third-order valence-electron chi connectivity index (χ3n) is 3.27. The van der Waals surface area contributed by atoms with Gasteiger partial charge in [0.05, 0.1) is 10.7 Å². The van der Waals surface area contributed by atoms with Crippen molar-refractivity contribution < 1.29 is 4.79 Å². The van der Waals surface area contributed by atoms with Crippen LogP contribution in [0.5, 0.6) is 0 Å². The lowest BCUT2D eigenvalue weighted by Crippen LogP contribution is -2.26. The van der Waals surface area contributed by atoms with Crippen molar-refractivity contribution in [2.24, 2.45) is 5.41 Å². The molecule has 0 unspecified atom stereocenters. The average Bonchev–Trinajstić information content (AvgIpc) is 2.29. The van der Waals surface area contributed by atoms with Crippen molar-refractivity contribution >= 4 is 23.3 Å². The number of amides is 2. The second-order valence-electron chi connectivity index (χ2n) is 6.11. The summed E-state index contributed by atoms with van der Waals surface area (Å²) in [6.45, 7) is 12.2. The van der Waals surface area contributed by atoms with Crippen LogP contribution >= 0.6 is 11.6 Å². The lowest BCUT2D eigenvalue weighted by molar-refractivity contribution is 0.255. The maximum Gasteiger partial charge on any atom is 0.323 e. The summed E-state index contributed by atoms with van der Waals surface area (Å²) in [4.78, 5) is 11.9. The molecule has 110 valence electrons. The Hall–Kier alpha value is -1.48. The standard InChI is InChI=1S/C16H23ClN2O/c1-10-7-11(2)14(13(17)8-10)19-15(20)18-9-12(3)16(4,5)6/h7-9H,1-6H3,(H2,18,19,20)/b12-9+. The molecule has 1 rings (SSSR count). The van der Waals surface area contributed by atoms with Gasteiger partial charge in [0.2, 0.25) is 0 Å². The summed E-state index contributed by atoms with van der Waals surface area (Å²) < 4.78 is 0. The Bertz CT molecular complexity index is 519. The van der Waals surface area contributed by atoms with Crippen LogP contribution in [0.4, 0.5) is 10.5 Å². The molecule has 0 saturated carbocycles. The number of benzene rings is 1. The molecule has 0 radical (unpaired) electrons. The fourth-order valence-corrected chi connectivity index (χ4v) is 1.98. The summed E-state index contributed by atoms with van der Waals surface area (Å²) in [5.74, 6) is 0. The highest BCUT2D eigenvalue weighted by molar-refractivity contribution is 6.34. The average molecular weight is 295 g/mol. The van der Waals surface area contributed by atoms with Crippen molar-refractivity contribution in [3.05, 3.63) is 40.1 Å². The number of carbonyl (C=O) groups is 1. The van der Waals surface area contributed by atoms with E-state index in [0.717, 1.165) is 16.7 Å². The number of hydrogen-bond donors (Lipinski definition) is 2. The van der Waals surface area contributed by atoms with Crippen molar-refractivity contribution in [3.63, 3.8) is 0 Å². The molecule has 0 fully saturated rings. The highest BCUT2D eigenvalue weighted by atomic mass is 35.5. The molecule has 1 aromatic rings. The van der Waals surface area contributed by atoms with Gasteiger partial charge in [-0.2, -0.15) is 0 Å². The molecule has 2 amide bonds. The van der Waals surface area contributed by atoms with Crippen LogP contribution in [-0.4, -0.2) is 6.03 Å². The maximum absolute atomic E-state index is 11.9. The Morgan fingerprint density at radius 3 is 2.35 bits per heavy atom. The first-order valence-corrected chi connectivity index (χ1v) is 7.00. The molecule has 2 N–H and O–H groups in total. The predicted octanol–water partition coefficient (Wildman–Crippen LogP) is 5.03. The molecular weight excluding hydrogens is 272 g/mol. The van der Waals surface area contributed by atoms with E-state index in [4.69, 9.17) is 11.6 Å². The van der Waals surface area contributed by atoms with Crippen LogP contribution in [0.25, 0.3) is 0 Å². The zero-order valence-electron chi connectivity index (χ0n) is 13.0. The fourth-order valence-electron chi connectivity index (χ4n) is 1.61. The summed E-state index contributed by atoms with van der Waals surface area (Å²) in [5, 5.41) is 6.07. The molecule has 0 spiro atoms. The topological polar surface area (TPSA) is 41.1 Å². The van der Waals surface area contributed by atoms with Crippen molar-refractivity contribution in [1.29, 1.82) is 0 Å². The van der Waals surface area contributed by atoms with Crippen LogP contribution in [0.2, 0.25) is 5.02 Å². The van der Waals surface area contributed by atoms with E-state index in [2.05, 4.69) is 31.4 Å². The molecule has 1 aromatic carbocycles. The molecule has 4 heteroatoms. The second-order valence-corrected chi connectivity index (χ2v) is 6.52. The lowest BCUT2D eigenvalue weighted by atomic mass is 9.88. The summed E-state index contributed by atoms with van der Waals surface area (Å²) in [5.41, 5.74) is 3.80. The van der Waals surface area contributed by atoms with E-state index in [9.17, 15) is 4.79 Å². The van der Waals surface area contributed by atoms with E-state index in [1.807, 2.05) is 32.9 Å². The first-order chi connectivity index (χ1) is 9.11. The normalized spacial score (nSPS) is 12.2. The molecule has 0 aliphatic carbocycles. The van der Waals surface area contributed by atoms with Gasteiger partial charge in [-0.05, 0) is 43.4 Å². The fraction of sp³-hybridized carbons (Fsp3) is 0.438. The van der Waals surface area contributed by atoms with E-state index >= 15 is 0 Å². The Balaban J connectivity index is 2.78. The van der Waals surface area contributed by atoms with Gasteiger partial charge in [0.15, 0.2) is 0 Å². The van der Waals surface area contributed by atoms with Crippen molar-refractivity contribution in [3.8, 4) is 0 Å². The van der Waals surface area contributed by atoms with Gasteiger partial charge in [0.1, 0.15) is 0 Å². The van der Waals surface area contributed by atoms with Crippen LogP contribution in [0, 0.1) is 19.3 Å². The van der Waals surface area contributed by atoms with Crippen LogP contribution in [-0.2, 0) is 0 Å². The van der Waals surface area contributed by atoms with Gasteiger partial charge in [-0.15, -0.1) is 0 Å². The molecule has 0 aliphatic rings. The van der Waals surface area contributed by atoms with Crippen molar-refractivity contribution in [2.75, 3.05) is 5.32 Å². The van der Waals surface area contributed by atoms with Gasteiger partial charge in [-0.25, -0.2) is 4.79 Å². The highest BCUT2D eigenvalue weighted by Gasteiger charge is 2.13. The van der Waals surface area contributed by atoms with Gasteiger partial charge in [-0.1, -0.05) is 44.0 Å². The van der Waals surface area contributed by atoms with Crippen LogP contribution in [0.1, 0.15) is 38.8 Å². The molecule has 3 nitrogen and oxygen atoms in total. The summed E-state index contributed by atoms with van der Waals surface area (Å²) in [7, 11) is 0. The van der Waals surface area contributed by atoms with Gasteiger partial charge in [0.25, 0.3) is 0 Å². The van der Waals surface area contributed by atoms with E-state index in [1.54, 1.807) is 6.20 Å². The number of carbonyl (C=O) groups excluding carboxylic acids is 1. The number of hydrogen-bond acceptors (Lipinski definition) is 1. The SMILES string of the molecule is C/C(=C\NC(=O)Nc1c(C)cc(C)cc1Cl)C(C)(C)C.